The Labute approximate surface area is 89.9 Å². The van der Waals surface area contributed by atoms with Gasteiger partial charge in [0.2, 0.25) is 5.91 Å². The second-order valence-electron chi connectivity index (χ2n) is 4.48. The fourth-order valence-electron chi connectivity index (χ4n) is 2.49. The van der Waals surface area contributed by atoms with E-state index in [-0.39, 0.29) is 23.5 Å². The minimum absolute atomic E-state index is 0.0223. The number of nitrogens with zero attached hydrogens (tertiary/aromatic N) is 2. The van der Waals surface area contributed by atoms with Gasteiger partial charge in [-0.3, -0.25) is 9.59 Å². The lowest BCUT2D eigenvalue weighted by atomic mass is 9.70. The van der Waals surface area contributed by atoms with E-state index in [0.29, 0.717) is 6.42 Å². The summed E-state index contributed by atoms with van der Waals surface area (Å²) in [6, 6.07) is 2.11. The molecule has 4 heteroatoms. The van der Waals surface area contributed by atoms with Crippen molar-refractivity contribution in [1.82, 2.24) is 4.90 Å². The van der Waals surface area contributed by atoms with Gasteiger partial charge in [-0.2, -0.15) is 5.26 Å². The summed E-state index contributed by atoms with van der Waals surface area (Å²) in [6.45, 7) is 5.00. The van der Waals surface area contributed by atoms with Crippen molar-refractivity contribution in [3.8, 4) is 6.07 Å². The molecule has 0 unspecified atom stereocenters. The third-order valence-electron chi connectivity index (χ3n) is 3.41. The summed E-state index contributed by atoms with van der Waals surface area (Å²) in [5, 5.41) is 9.18. The van der Waals surface area contributed by atoms with Crippen LogP contribution in [0.25, 0.3) is 0 Å². The number of amides is 1. The summed E-state index contributed by atoms with van der Waals surface area (Å²) in [6.07, 6.45) is 0.345. The zero-order valence-electron chi connectivity index (χ0n) is 9.57. The molecular formula is C11H16N2O2. The third-order valence-corrected chi connectivity index (χ3v) is 3.41. The van der Waals surface area contributed by atoms with Crippen molar-refractivity contribution in [1.29, 1.82) is 5.26 Å². The topological polar surface area (TPSA) is 61.2 Å². The molecule has 1 aliphatic heterocycles. The second-order valence-corrected chi connectivity index (χ2v) is 4.48. The molecule has 1 aliphatic rings. The Kier molecular flexibility index (Phi) is 2.85. The lowest BCUT2D eigenvalue weighted by Gasteiger charge is -2.45. The highest BCUT2D eigenvalue weighted by Gasteiger charge is 2.50. The minimum atomic E-state index is -0.999. The van der Waals surface area contributed by atoms with E-state index in [2.05, 4.69) is 6.07 Å². The number of hydrogen-bond donors (Lipinski definition) is 0. The van der Waals surface area contributed by atoms with Gasteiger partial charge in [-0.05, 0) is 19.8 Å². The van der Waals surface area contributed by atoms with Crippen LogP contribution in [-0.2, 0) is 9.59 Å². The summed E-state index contributed by atoms with van der Waals surface area (Å²) in [4.78, 5) is 24.6. The van der Waals surface area contributed by atoms with Crippen molar-refractivity contribution in [3.05, 3.63) is 0 Å². The highest BCUT2D eigenvalue weighted by molar-refractivity contribution is 5.86. The van der Waals surface area contributed by atoms with Crippen LogP contribution in [-0.4, -0.2) is 29.2 Å². The highest BCUT2D eigenvalue weighted by atomic mass is 16.2. The average Bonchev–Trinajstić information content (AvgIpc) is 2.13. The molecule has 0 bridgehead atoms. The number of hydrogen-bond acceptors (Lipinski definition) is 3. The fourth-order valence-corrected chi connectivity index (χ4v) is 2.49. The van der Waals surface area contributed by atoms with E-state index >= 15 is 0 Å². The summed E-state index contributed by atoms with van der Waals surface area (Å²) in [5.41, 5.74) is -0.999. The Hall–Kier alpha value is -1.37. The molecule has 82 valence electrons. The Morgan fingerprint density at radius 2 is 2.20 bits per heavy atom. The molecule has 1 heterocycles. The molecule has 1 rings (SSSR count). The van der Waals surface area contributed by atoms with Crippen molar-refractivity contribution in [2.75, 3.05) is 7.05 Å². The van der Waals surface area contributed by atoms with Crippen LogP contribution in [0.3, 0.4) is 0 Å². The van der Waals surface area contributed by atoms with Gasteiger partial charge in [-0.25, -0.2) is 0 Å². The Bertz CT molecular complexity index is 345. The number of ketones is 1. The van der Waals surface area contributed by atoms with E-state index in [1.807, 2.05) is 6.92 Å². The van der Waals surface area contributed by atoms with Gasteiger partial charge in [0.15, 0.2) is 0 Å². The lowest BCUT2D eigenvalue weighted by Crippen LogP contribution is -2.59. The van der Waals surface area contributed by atoms with E-state index in [0.717, 1.165) is 0 Å². The maximum absolute atomic E-state index is 11.6. The highest BCUT2D eigenvalue weighted by Crippen LogP contribution is 2.37. The molecule has 0 aliphatic carbocycles. The van der Waals surface area contributed by atoms with Crippen LogP contribution in [0.4, 0.5) is 0 Å². The Morgan fingerprint density at radius 3 is 2.60 bits per heavy atom. The predicted molar refractivity (Wildman–Crippen MR) is 54.7 cm³/mol. The van der Waals surface area contributed by atoms with E-state index in [1.165, 1.54) is 11.8 Å². The van der Waals surface area contributed by atoms with Crippen LogP contribution in [0.1, 0.15) is 27.2 Å². The largest absolute Gasteiger partial charge is 0.327 e. The second kappa shape index (κ2) is 3.65. The van der Waals surface area contributed by atoms with Crippen molar-refractivity contribution < 1.29 is 9.59 Å². The van der Waals surface area contributed by atoms with Crippen molar-refractivity contribution in [3.63, 3.8) is 0 Å². The SMILES string of the molecule is CC(=O)[C@@H]1[C@H](C)CC(=O)N(C)[C@]1(C)C#N. The maximum Gasteiger partial charge on any atom is 0.223 e. The van der Waals surface area contributed by atoms with Gasteiger partial charge in [0.25, 0.3) is 0 Å². The number of Topliss-reactive ketones (excluding diaryl/α,β-unsaturated/α-hetero) is 1. The quantitative estimate of drug-likeness (QED) is 0.645. The molecule has 0 saturated carbocycles. The van der Waals surface area contributed by atoms with Crippen molar-refractivity contribution in [2.24, 2.45) is 11.8 Å². The summed E-state index contributed by atoms with van der Waals surface area (Å²) in [5.74, 6) is -0.531. The fraction of sp³-hybridized carbons (Fsp3) is 0.727. The van der Waals surface area contributed by atoms with Gasteiger partial charge in [-0.15, -0.1) is 0 Å². The molecule has 0 N–H and O–H groups in total. The van der Waals surface area contributed by atoms with Gasteiger partial charge in [-0.1, -0.05) is 6.92 Å². The molecule has 0 radical (unpaired) electrons. The van der Waals surface area contributed by atoms with Gasteiger partial charge in [0.05, 0.1) is 12.0 Å². The number of carbonyl (C=O) groups is 2. The van der Waals surface area contributed by atoms with Crippen LogP contribution in [0.15, 0.2) is 0 Å². The molecule has 0 spiro atoms. The number of nitriles is 1. The van der Waals surface area contributed by atoms with Crippen LogP contribution < -0.4 is 0 Å². The number of likely N-dealkylation sites (tertiary alicyclic amines) is 1. The maximum atomic E-state index is 11.6. The number of piperidine rings is 1. The normalized spacial score (nSPS) is 36.2. The Morgan fingerprint density at radius 1 is 1.67 bits per heavy atom. The molecule has 1 fully saturated rings. The molecule has 0 aromatic heterocycles. The minimum Gasteiger partial charge on any atom is -0.327 e. The number of carbonyl (C=O) groups excluding carboxylic acids is 2. The van der Waals surface area contributed by atoms with E-state index < -0.39 is 5.54 Å². The molecule has 1 amide bonds. The molecular weight excluding hydrogens is 192 g/mol. The third kappa shape index (κ3) is 1.63. The monoisotopic (exact) mass is 208 g/mol. The van der Waals surface area contributed by atoms with E-state index in [4.69, 9.17) is 0 Å². The molecule has 1 saturated heterocycles. The lowest BCUT2D eigenvalue weighted by molar-refractivity contribution is -0.146. The first-order chi connectivity index (χ1) is 6.84. The predicted octanol–water partition coefficient (Wildman–Crippen LogP) is 0.972. The number of rotatable bonds is 1. The first kappa shape index (κ1) is 11.7. The average molecular weight is 208 g/mol. The van der Waals surface area contributed by atoms with Gasteiger partial charge >= 0.3 is 0 Å². The molecule has 4 nitrogen and oxygen atoms in total. The molecule has 0 aromatic carbocycles. The zero-order chi connectivity index (χ0) is 11.8. The smallest absolute Gasteiger partial charge is 0.223 e. The standard InChI is InChI=1S/C11H16N2O2/c1-7-5-9(15)13(4)11(3,6-12)10(7)8(2)14/h7,10H,5H2,1-4H3/t7-,10+,11-/m1/s1. The summed E-state index contributed by atoms with van der Waals surface area (Å²) in [7, 11) is 1.59. The van der Waals surface area contributed by atoms with Crippen LogP contribution >= 0.6 is 0 Å². The Balaban J connectivity index is 3.19. The molecule has 15 heavy (non-hydrogen) atoms. The molecule has 0 aromatic rings. The van der Waals surface area contributed by atoms with E-state index in [9.17, 15) is 14.9 Å². The van der Waals surface area contributed by atoms with Crippen molar-refractivity contribution >= 4 is 11.7 Å². The van der Waals surface area contributed by atoms with Crippen LogP contribution in [0.5, 0.6) is 0 Å². The van der Waals surface area contributed by atoms with Crippen LogP contribution in [0.2, 0.25) is 0 Å². The first-order valence-electron chi connectivity index (χ1n) is 5.03. The van der Waals surface area contributed by atoms with Gasteiger partial charge < -0.3 is 4.90 Å². The summed E-state index contributed by atoms with van der Waals surface area (Å²) < 4.78 is 0. The zero-order valence-corrected chi connectivity index (χ0v) is 9.57. The summed E-state index contributed by atoms with van der Waals surface area (Å²) >= 11 is 0. The van der Waals surface area contributed by atoms with E-state index in [1.54, 1.807) is 14.0 Å². The van der Waals surface area contributed by atoms with Crippen LogP contribution in [0, 0.1) is 23.2 Å². The molecule has 3 atom stereocenters. The van der Waals surface area contributed by atoms with Crippen molar-refractivity contribution in [2.45, 2.75) is 32.7 Å². The van der Waals surface area contributed by atoms with Gasteiger partial charge in [0.1, 0.15) is 11.3 Å². The first-order valence-corrected chi connectivity index (χ1v) is 5.03. The van der Waals surface area contributed by atoms with Gasteiger partial charge in [0, 0.05) is 13.5 Å².